The standard InChI is InChI=1S/C19H18ClN3S/c1-3-23-18(16-8-4-14(2)5-9-16)13-24-19(23)22-21-12-15-6-10-17(20)11-7-15/h4-13H,3H2,1-2H3/b21-12-,22-19-. The minimum Gasteiger partial charge on any atom is -0.315 e. The van der Waals surface area contributed by atoms with Gasteiger partial charge in [-0.1, -0.05) is 53.6 Å². The summed E-state index contributed by atoms with van der Waals surface area (Å²) in [6.07, 6.45) is 1.74. The molecule has 0 atom stereocenters. The van der Waals surface area contributed by atoms with Crippen molar-refractivity contribution in [1.82, 2.24) is 4.57 Å². The second-order valence-corrected chi connectivity index (χ2v) is 6.68. The van der Waals surface area contributed by atoms with Crippen LogP contribution in [-0.2, 0) is 6.54 Å². The molecule has 0 fully saturated rings. The first-order valence-electron chi connectivity index (χ1n) is 7.75. The molecule has 0 spiro atoms. The smallest absolute Gasteiger partial charge is 0.211 e. The Hall–Kier alpha value is -2.17. The van der Waals surface area contributed by atoms with Gasteiger partial charge in [-0.25, -0.2) is 0 Å². The summed E-state index contributed by atoms with van der Waals surface area (Å²) in [5.41, 5.74) is 4.60. The van der Waals surface area contributed by atoms with Crippen molar-refractivity contribution in [3.05, 3.63) is 74.9 Å². The van der Waals surface area contributed by atoms with Crippen molar-refractivity contribution in [2.24, 2.45) is 10.2 Å². The van der Waals surface area contributed by atoms with Gasteiger partial charge >= 0.3 is 0 Å². The van der Waals surface area contributed by atoms with E-state index in [1.807, 2.05) is 24.3 Å². The summed E-state index contributed by atoms with van der Waals surface area (Å²) in [6, 6.07) is 16.1. The number of nitrogens with zero attached hydrogens (tertiary/aromatic N) is 3. The minimum atomic E-state index is 0.717. The van der Waals surface area contributed by atoms with Crippen molar-refractivity contribution >= 4 is 29.2 Å². The van der Waals surface area contributed by atoms with Crippen molar-refractivity contribution in [3.63, 3.8) is 0 Å². The van der Waals surface area contributed by atoms with Crippen LogP contribution in [0.4, 0.5) is 0 Å². The van der Waals surface area contributed by atoms with E-state index in [2.05, 4.69) is 58.3 Å². The molecule has 0 radical (unpaired) electrons. The number of aryl methyl sites for hydroxylation is 1. The van der Waals surface area contributed by atoms with Crippen LogP contribution in [0.2, 0.25) is 5.02 Å². The Bertz CT molecular complexity index is 903. The average Bonchev–Trinajstić information content (AvgIpc) is 3.00. The zero-order valence-corrected chi connectivity index (χ0v) is 15.2. The summed E-state index contributed by atoms with van der Waals surface area (Å²) in [7, 11) is 0. The summed E-state index contributed by atoms with van der Waals surface area (Å²) in [5, 5.41) is 11.4. The predicted octanol–water partition coefficient (Wildman–Crippen LogP) is 5.13. The highest BCUT2D eigenvalue weighted by molar-refractivity contribution is 7.07. The molecule has 3 rings (SSSR count). The van der Waals surface area contributed by atoms with E-state index in [9.17, 15) is 0 Å². The van der Waals surface area contributed by atoms with E-state index in [1.165, 1.54) is 16.8 Å². The molecule has 3 aromatic rings. The predicted molar refractivity (Wildman–Crippen MR) is 103 cm³/mol. The molecule has 1 aromatic heterocycles. The van der Waals surface area contributed by atoms with Gasteiger partial charge in [0.15, 0.2) is 0 Å². The van der Waals surface area contributed by atoms with Crippen molar-refractivity contribution in [2.45, 2.75) is 20.4 Å². The van der Waals surface area contributed by atoms with E-state index in [0.29, 0.717) is 5.02 Å². The van der Waals surface area contributed by atoms with Gasteiger partial charge < -0.3 is 4.57 Å². The first-order chi connectivity index (χ1) is 11.7. The molecule has 1 heterocycles. The third-order valence-corrected chi connectivity index (χ3v) is 4.79. The van der Waals surface area contributed by atoms with Gasteiger partial charge in [-0.15, -0.1) is 16.4 Å². The van der Waals surface area contributed by atoms with E-state index >= 15 is 0 Å². The monoisotopic (exact) mass is 355 g/mol. The van der Waals surface area contributed by atoms with Crippen LogP contribution < -0.4 is 4.80 Å². The Balaban J connectivity index is 1.91. The van der Waals surface area contributed by atoms with Gasteiger partial charge in [-0.05, 0) is 37.1 Å². The largest absolute Gasteiger partial charge is 0.315 e. The lowest BCUT2D eigenvalue weighted by molar-refractivity contribution is 0.737. The van der Waals surface area contributed by atoms with E-state index in [0.717, 1.165) is 16.9 Å². The first-order valence-corrected chi connectivity index (χ1v) is 9.01. The summed E-state index contributed by atoms with van der Waals surface area (Å²) in [6.45, 7) is 5.06. The highest BCUT2D eigenvalue weighted by Gasteiger charge is 2.06. The van der Waals surface area contributed by atoms with Gasteiger partial charge in [-0.3, -0.25) is 0 Å². The van der Waals surface area contributed by atoms with Crippen LogP contribution in [0, 0.1) is 6.92 Å². The van der Waals surface area contributed by atoms with E-state index in [4.69, 9.17) is 11.6 Å². The zero-order valence-electron chi connectivity index (χ0n) is 13.6. The molecule has 24 heavy (non-hydrogen) atoms. The molecule has 0 aliphatic rings. The topological polar surface area (TPSA) is 29.6 Å². The van der Waals surface area contributed by atoms with Gasteiger partial charge in [0.2, 0.25) is 4.80 Å². The molecular weight excluding hydrogens is 338 g/mol. The van der Waals surface area contributed by atoms with Crippen molar-refractivity contribution in [1.29, 1.82) is 0 Å². The van der Waals surface area contributed by atoms with E-state index < -0.39 is 0 Å². The van der Waals surface area contributed by atoms with Crippen LogP contribution in [0.3, 0.4) is 0 Å². The quantitative estimate of drug-likeness (QED) is 0.458. The van der Waals surface area contributed by atoms with Crippen LogP contribution in [-0.4, -0.2) is 10.8 Å². The Kier molecular flexibility index (Phi) is 5.28. The molecule has 0 unspecified atom stereocenters. The number of benzene rings is 2. The second-order valence-electron chi connectivity index (χ2n) is 5.41. The van der Waals surface area contributed by atoms with Crippen LogP contribution >= 0.6 is 22.9 Å². The fraction of sp³-hybridized carbons (Fsp3) is 0.158. The molecule has 0 bridgehead atoms. The van der Waals surface area contributed by atoms with Crippen molar-refractivity contribution in [2.75, 3.05) is 0 Å². The van der Waals surface area contributed by atoms with Crippen molar-refractivity contribution < 1.29 is 0 Å². The average molecular weight is 356 g/mol. The molecule has 0 N–H and O–H groups in total. The minimum absolute atomic E-state index is 0.717. The van der Waals surface area contributed by atoms with Crippen molar-refractivity contribution in [3.8, 4) is 11.3 Å². The number of hydrogen-bond acceptors (Lipinski definition) is 3. The zero-order chi connectivity index (χ0) is 16.9. The number of halogens is 1. The molecule has 122 valence electrons. The van der Waals surface area contributed by atoms with Crippen LogP contribution in [0.25, 0.3) is 11.3 Å². The normalized spacial score (nSPS) is 12.2. The van der Waals surface area contributed by atoms with Crippen LogP contribution in [0.5, 0.6) is 0 Å². The van der Waals surface area contributed by atoms with Gasteiger partial charge in [0.05, 0.1) is 11.9 Å². The number of thiazole rings is 1. The Labute approximate surface area is 150 Å². The lowest BCUT2D eigenvalue weighted by atomic mass is 10.1. The number of hydrogen-bond donors (Lipinski definition) is 0. The molecule has 0 saturated carbocycles. The summed E-state index contributed by atoms with van der Waals surface area (Å²) >= 11 is 7.48. The summed E-state index contributed by atoms with van der Waals surface area (Å²) < 4.78 is 2.18. The number of aromatic nitrogens is 1. The molecule has 0 amide bonds. The van der Waals surface area contributed by atoms with Gasteiger partial charge in [0.25, 0.3) is 0 Å². The molecule has 0 aliphatic heterocycles. The fourth-order valence-corrected chi connectivity index (χ4v) is 3.42. The van der Waals surface area contributed by atoms with Crippen LogP contribution in [0.1, 0.15) is 18.1 Å². The third-order valence-electron chi connectivity index (χ3n) is 3.68. The lowest BCUT2D eigenvalue weighted by Gasteiger charge is -2.05. The first kappa shape index (κ1) is 16.7. The molecule has 3 nitrogen and oxygen atoms in total. The van der Waals surface area contributed by atoms with E-state index in [1.54, 1.807) is 17.6 Å². The third kappa shape index (κ3) is 3.83. The highest BCUT2D eigenvalue weighted by Crippen LogP contribution is 2.20. The second kappa shape index (κ2) is 7.60. The van der Waals surface area contributed by atoms with Gasteiger partial charge in [0.1, 0.15) is 0 Å². The molecule has 2 aromatic carbocycles. The maximum Gasteiger partial charge on any atom is 0.211 e. The summed E-state index contributed by atoms with van der Waals surface area (Å²) in [5.74, 6) is 0. The molecule has 0 aliphatic carbocycles. The van der Waals surface area contributed by atoms with Gasteiger partial charge in [0, 0.05) is 16.9 Å². The Morgan fingerprint density at radius 3 is 2.46 bits per heavy atom. The van der Waals surface area contributed by atoms with Gasteiger partial charge in [-0.2, -0.15) is 5.10 Å². The maximum absolute atomic E-state index is 5.88. The fourth-order valence-electron chi connectivity index (χ4n) is 2.36. The van der Waals surface area contributed by atoms with E-state index in [-0.39, 0.29) is 0 Å². The number of rotatable bonds is 4. The highest BCUT2D eigenvalue weighted by atomic mass is 35.5. The molecule has 0 saturated heterocycles. The maximum atomic E-state index is 5.88. The van der Waals surface area contributed by atoms with Crippen LogP contribution in [0.15, 0.2) is 64.1 Å². The molecular formula is C19H18ClN3S. The Morgan fingerprint density at radius 2 is 1.79 bits per heavy atom. The lowest BCUT2D eigenvalue weighted by Crippen LogP contribution is -2.14. The molecule has 5 heteroatoms. The SMILES string of the molecule is CCn1c(-c2ccc(C)cc2)cs/c1=N\N=C/c1ccc(Cl)cc1. The Morgan fingerprint density at radius 1 is 1.08 bits per heavy atom. The summed E-state index contributed by atoms with van der Waals surface area (Å²) in [4.78, 5) is 0.887.